The van der Waals surface area contributed by atoms with Gasteiger partial charge in [0, 0.05) is 39.3 Å². The molecule has 1 aromatic rings. The average Bonchev–Trinajstić information content (AvgIpc) is 2.69. The van der Waals surface area contributed by atoms with Crippen molar-refractivity contribution < 1.29 is 19.1 Å². The molecule has 3 rings (SSSR count). The minimum absolute atomic E-state index is 0.126. The van der Waals surface area contributed by atoms with Crippen molar-refractivity contribution in [2.24, 2.45) is 5.73 Å². The zero-order valence-corrected chi connectivity index (χ0v) is 15.9. The first kappa shape index (κ1) is 20.2. The van der Waals surface area contributed by atoms with E-state index in [4.69, 9.17) is 10.5 Å². The number of ether oxygens (including phenoxy) is 1. The summed E-state index contributed by atoms with van der Waals surface area (Å²) in [4.78, 5) is 42.2. The summed E-state index contributed by atoms with van der Waals surface area (Å²) in [6.45, 7) is 6.05. The van der Waals surface area contributed by atoms with Crippen LogP contribution in [0.5, 0.6) is 0 Å². The summed E-state index contributed by atoms with van der Waals surface area (Å²) in [5, 5.41) is 2.75. The van der Waals surface area contributed by atoms with Crippen LogP contribution in [0.3, 0.4) is 0 Å². The number of benzene rings is 1. The zero-order chi connectivity index (χ0) is 19.9. The van der Waals surface area contributed by atoms with Gasteiger partial charge >= 0.3 is 0 Å². The number of carbonyl (C=O) groups excluding carboxylic acids is 3. The predicted octanol–water partition coefficient (Wildman–Crippen LogP) is -0.800. The summed E-state index contributed by atoms with van der Waals surface area (Å²) in [6, 6.07) is 6.67. The van der Waals surface area contributed by atoms with Crippen LogP contribution in [0.4, 0.5) is 5.69 Å². The SMILES string of the molecule is NC(=O)c1ccccc1NC(=O)CN1CCN(C(=O)CN2CCOCC2)CC1. The molecule has 3 amide bonds. The zero-order valence-electron chi connectivity index (χ0n) is 15.9. The van der Waals surface area contributed by atoms with Gasteiger partial charge in [-0.25, -0.2) is 0 Å². The monoisotopic (exact) mass is 389 g/mol. The highest BCUT2D eigenvalue weighted by molar-refractivity contribution is 6.03. The van der Waals surface area contributed by atoms with E-state index in [0.29, 0.717) is 51.6 Å². The lowest BCUT2D eigenvalue weighted by molar-refractivity contribution is -0.135. The lowest BCUT2D eigenvalue weighted by atomic mass is 10.1. The summed E-state index contributed by atoms with van der Waals surface area (Å²) in [7, 11) is 0. The maximum absolute atomic E-state index is 12.4. The Morgan fingerprint density at radius 2 is 1.57 bits per heavy atom. The molecule has 0 bridgehead atoms. The second kappa shape index (κ2) is 9.63. The van der Waals surface area contributed by atoms with E-state index >= 15 is 0 Å². The third kappa shape index (κ3) is 5.51. The van der Waals surface area contributed by atoms with Gasteiger partial charge in [-0.05, 0) is 12.1 Å². The largest absolute Gasteiger partial charge is 0.379 e. The van der Waals surface area contributed by atoms with Gasteiger partial charge in [0.25, 0.3) is 5.91 Å². The molecule has 2 fully saturated rings. The van der Waals surface area contributed by atoms with E-state index in [1.807, 2.05) is 9.80 Å². The van der Waals surface area contributed by atoms with Crippen LogP contribution in [-0.2, 0) is 14.3 Å². The Balaban J connectivity index is 1.43. The molecule has 0 radical (unpaired) electrons. The first-order valence-electron chi connectivity index (χ1n) is 9.52. The molecule has 3 N–H and O–H groups in total. The van der Waals surface area contributed by atoms with Gasteiger partial charge < -0.3 is 20.7 Å². The van der Waals surface area contributed by atoms with E-state index in [2.05, 4.69) is 10.2 Å². The van der Waals surface area contributed by atoms with Crippen molar-refractivity contribution in [2.75, 3.05) is 70.9 Å². The fourth-order valence-electron chi connectivity index (χ4n) is 3.41. The van der Waals surface area contributed by atoms with Crippen molar-refractivity contribution in [3.05, 3.63) is 29.8 Å². The van der Waals surface area contributed by atoms with Crippen LogP contribution in [0, 0.1) is 0 Å². The Labute approximate surface area is 164 Å². The highest BCUT2D eigenvalue weighted by Gasteiger charge is 2.24. The number of nitrogens with zero attached hydrogens (tertiary/aromatic N) is 3. The highest BCUT2D eigenvalue weighted by Crippen LogP contribution is 2.14. The molecule has 9 nitrogen and oxygen atoms in total. The Morgan fingerprint density at radius 3 is 2.25 bits per heavy atom. The van der Waals surface area contributed by atoms with Gasteiger partial charge in [0.2, 0.25) is 11.8 Å². The number of morpholine rings is 1. The quantitative estimate of drug-likeness (QED) is 0.660. The number of nitrogens with two attached hydrogens (primary N) is 1. The maximum atomic E-state index is 12.4. The first-order chi connectivity index (χ1) is 13.5. The van der Waals surface area contributed by atoms with Crippen molar-refractivity contribution in [1.29, 1.82) is 0 Å². The van der Waals surface area contributed by atoms with E-state index in [0.717, 1.165) is 13.1 Å². The standard InChI is InChI=1S/C19H27N5O4/c20-19(27)15-3-1-2-4-16(15)21-17(25)13-22-5-7-24(8-6-22)18(26)14-23-9-11-28-12-10-23/h1-4H,5-14H2,(H2,20,27)(H,21,25). The van der Waals surface area contributed by atoms with E-state index in [9.17, 15) is 14.4 Å². The summed E-state index contributed by atoms with van der Waals surface area (Å²) < 4.78 is 5.30. The Kier molecular flexibility index (Phi) is 6.96. The minimum Gasteiger partial charge on any atom is -0.379 e. The number of para-hydroxylation sites is 1. The molecule has 0 atom stereocenters. The normalized spacial score (nSPS) is 18.6. The van der Waals surface area contributed by atoms with Crippen LogP contribution in [0.2, 0.25) is 0 Å². The average molecular weight is 389 g/mol. The van der Waals surface area contributed by atoms with Crippen LogP contribution in [0.1, 0.15) is 10.4 Å². The molecule has 1 aromatic carbocycles. The molecule has 0 spiro atoms. The van der Waals surface area contributed by atoms with Gasteiger partial charge in [0.05, 0.1) is 37.6 Å². The topological polar surface area (TPSA) is 108 Å². The smallest absolute Gasteiger partial charge is 0.250 e. The minimum atomic E-state index is -0.580. The van der Waals surface area contributed by atoms with Gasteiger partial charge in [-0.2, -0.15) is 0 Å². The van der Waals surface area contributed by atoms with Gasteiger partial charge in [0.1, 0.15) is 0 Å². The van der Waals surface area contributed by atoms with E-state index in [1.54, 1.807) is 24.3 Å². The summed E-state index contributed by atoms with van der Waals surface area (Å²) in [5.41, 5.74) is 6.04. The summed E-state index contributed by atoms with van der Waals surface area (Å²) in [5.74, 6) is -0.661. The van der Waals surface area contributed by atoms with E-state index in [-0.39, 0.29) is 23.9 Å². The third-order valence-electron chi connectivity index (χ3n) is 5.02. The Bertz CT molecular complexity index is 712. The van der Waals surface area contributed by atoms with Crippen LogP contribution in [0.15, 0.2) is 24.3 Å². The molecule has 28 heavy (non-hydrogen) atoms. The molecule has 0 aromatic heterocycles. The van der Waals surface area contributed by atoms with Crippen molar-refractivity contribution in [2.45, 2.75) is 0 Å². The Hall–Kier alpha value is -2.49. The third-order valence-corrected chi connectivity index (χ3v) is 5.02. The fourth-order valence-corrected chi connectivity index (χ4v) is 3.41. The molecule has 0 unspecified atom stereocenters. The second-order valence-corrected chi connectivity index (χ2v) is 7.00. The first-order valence-corrected chi connectivity index (χ1v) is 9.52. The van der Waals surface area contributed by atoms with Crippen LogP contribution in [0.25, 0.3) is 0 Å². The number of rotatable bonds is 6. The molecule has 2 aliphatic heterocycles. The molecule has 152 valence electrons. The van der Waals surface area contributed by atoms with Crippen molar-refractivity contribution in [1.82, 2.24) is 14.7 Å². The van der Waals surface area contributed by atoms with Crippen molar-refractivity contribution in [3.63, 3.8) is 0 Å². The molecular formula is C19H27N5O4. The number of primary amides is 1. The van der Waals surface area contributed by atoms with Gasteiger partial charge in [-0.3, -0.25) is 24.2 Å². The number of nitrogens with one attached hydrogen (secondary N) is 1. The number of amides is 3. The molecule has 0 saturated carbocycles. The molecule has 0 aliphatic carbocycles. The van der Waals surface area contributed by atoms with Crippen molar-refractivity contribution in [3.8, 4) is 0 Å². The number of anilines is 1. The summed E-state index contributed by atoms with van der Waals surface area (Å²) in [6.07, 6.45) is 0. The van der Waals surface area contributed by atoms with Gasteiger partial charge in [-0.15, -0.1) is 0 Å². The number of hydrogen-bond donors (Lipinski definition) is 2. The number of hydrogen-bond acceptors (Lipinski definition) is 6. The second-order valence-electron chi connectivity index (χ2n) is 7.00. The lowest BCUT2D eigenvalue weighted by Crippen LogP contribution is -2.53. The van der Waals surface area contributed by atoms with Gasteiger partial charge in [-0.1, -0.05) is 12.1 Å². The summed E-state index contributed by atoms with van der Waals surface area (Å²) >= 11 is 0. The van der Waals surface area contributed by atoms with Crippen molar-refractivity contribution >= 4 is 23.4 Å². The molecule has 2 saturated heterocycles. The molecule has 2 aliphatic rings. The van der Waals surface area contributed by atoms with Crippen LogP contribution in [-0.4, -0.2) is 98.0 Å². The van der Waals surface area contributed by atoms with Gasteiger partial charge in [0.15, 0.2) is 0 Å². The predicted molar refractivity (Wildman–Crippen MR) is 104 cm³/mol. The number of carbonyl (C=O) groups is 3. The highest BCUT2D eigenvalue weighted by atomic mass is 16.5. The lowest BCUT2D eigenvalue weighted by Gasteiger charge is -2.36. The van der Waals surface area contributed by atoms with E-state index < -0.39 is 5.91 Å². The fraction of sp³-hybridized carbons (Fsp3) is 0.526. The van der Waals surface area contributed by atoms with E-state index in [1.165, 1.54) is 0 Å². The van der Waals surface area contributed by atoms with Crippen LogP contribution < -0.4 is 11.1 Å². The molecule has 2 heterocycles. The molecular weight excluding hydrogens is 362 g/mol. The van der Waals surface area contributed by atoms with Crippen LogP contribution >= 0.6 is 0 Å². The number of piperazine rings is 1. The Morgan fingerprint density at radius 1 is 0.929 bits per heavy atom. The molecule has 9 heteroatoms. The maximum Gasteiger partial charge on any atom is 0.250 e.